The smallest absolute Gasteiger partial charge is 0.168 e. The number of rotatable bonds is 1. The normalized spacial score (nSPS) is 10.6. The Morgan fingerprint density at radius 2 is 1.95 bits per heavy atom. The molecular weight excluding hydrogens is 236 g/mol. The van der Waals surface area contributed by atoms with Crippen LogP contribution in [0.15, 0.2) is 36.5 Å². The topological polar surface area (TPSA) is 54.0 Å². The molecule has 4 heteroatoms. The molecule has 0 unspecified atom stereocenters. The third-order valence-corrected chi connectivity index (χ3v) is 3.38. The molecule has 4 nitrogen and oxygen atoms in total. The van der Waals surface area contributed by atoms with E-state index < -0.39 is 0 Å². The van der Waals surface area contributed by atoms with E-state index >= 15 is 0 Å². The first-order valence-corrected chi connectivity index (χ1v) is 6.02. The minimum atomic E-state index is 0.596. The summed E-state index contributed by atoms with van der Waals surface area (Å²) in [5.74, 6) is 0.772. The molecule has 3 aromatic rings. The van der Waals surface area contributed by atoms with Crippen molar-refractivity contribution >= 4 is 5.65 Å². The molecular formula is C15H12N4. The highest BCUT2D eigenvalue weighted by atomic mass is 15.2. The minimum absolute atomic E-state index is 0.596. The number of hydrogen-bond acceptors (Lipinski definition) is 3. The molecule has 2 aromatic heterocycles. The molecule has 0 atom stereocenters. The molecule has 0 saturated carbocycles. The molecule has 2 heterocycles. The van der Waals surface area contributed by atoms with E-state index in [-0.39, 0.29) is 0 Å². The van der Waals surface area contributed by atoms with Crippen LogP contribution in [0.3, 0.4) is 0 Å². The lowest BCUT2D eigenvalue weighted by molar-refractivity contribution is 1.10. The Kier molecular flexibility index (Phi) is 2.53. The van der Waals surface area contributed by atoms with Crippen LogP contribution in [0.5, 0.6) is 0 Å². The lowest BCUT2D eigenvalue weighted by atomic mass is 10.0. The van der Waals surface area contributed by atoms with Gasteiger partial charge in [0.2, 0.25) is 0 Å². The monoisotopic (exact) mass is 248 g/mol. The highest BCUT2D eigenvalue weighted by molar-refractivity contribution is 5.65. The molecule has 0 N–H and O–H groups in total. The molecule has 0 amide bonds. The van der Waals surface area contributed by atoms with Gasteiger partial charge in [0.05, 0.1) is 5.56 Å². The fourth-order valence-electron chi connectivity index (χ4n) is 2.13. The molecule has 0 fully saturated rings. The molecule has 92 valence electrons. The number of aryl methyl sites for hydroxylation is 1. The van der Waals surface area contributed by atoms with Gasteiger partial charge in [0, 0.05) is 11.8 Å². The molecule has 3 rings (SSSR count). The minimum Gasteiger partial charge on any atom is -0.281 e. The number of benzene rings is 1. The van der Waals surface area contributed by atoms with Crippen LogP contribution in [0.1, 0.15) is 16.7 Å². The Morgan fingerprint density at radius 3 is 2.74 bits per heavy atom. The van der Waals surface area contributed by atoms with E-state index in [1.165, 1.54) is 11.1 Å². The molecule has 0 aliphatic carbocycles. The Balaban J connectivity index is 2.31. The summed E-state index contributed by atoms with van der Waals surface area (Å²) < 4.78 is 1.86. The van der Waals surface area contributed by atoms with Gasteiger partial charge in [-0.3, -0.25) is 4.40 Å². The van der Waals surface area contributed by atoms with E-state index in [0.29, 0.717) is 5.56 Å². The maximum atomic E-state index is 8.99. The van der Waals surface area contributed by atoms with Gasteiger partial charge in [-0.15, -0.1) is 10.2 Å². The molecule has 1 aromatic carbocycles. The maximum absolute atomic E-state index is 8.99. The first kappa shape index (κ1) is 11.4. The van der Waals surface area contributed by atoms with Gasteiger partial charge in [-0.2, -0.15) is 5.26 Å². The second-order valence-corrected chi connectivity index (χ2v) is 4.53. The van der Waals surface area contributed by atoms with Crippen molar-refractivity contribution in [2.75, 3.05) is 0 Å². The van der Waals surface area contributed by atoms with Crippen molar-refractivity contribution < 1.29 is 0 Å². The van der Waals surface area contributed by atoms with Gasteiger partial charge in [-0.1, -0.05) is 18.2 Å². The van der Waals surface area contributed by atoms with Crippen LogP contribution in [0.25, 0.3) is 17.0 Å². The fraction of sp³-hybridized carbons (Fsp3) is 0.133. The number of nitriles is 1. The first-order valence-electron chi connectivity index (χ1n) is 6.02. The number of hydrogen-bond donors (Lipinski definition) is 0. The van der Waals surface area contributed by atoms with Crippen molar-refractivity contribution in [2.24, 2.45) is 0 Å². The average molecular weight is 248 g/mol. The molecule has 0 radical (unpaired) electrons. The lowest BCUT2D eigenvalue weighted by Crippen LogP contribution is -1.94. The summed E-state index contributed by atoms with van der Waals surface area (Å²) in [4.78, 5) is 0. The van der Waals surface area contributed by atoms with E-state index in [0.717, 1.165) is 17.0 Å². The summed E-state index contributed by atoms with van der Waals surface area (Å²) in [5, 5.41) is 17.4. The highest BCUT2D eigenvalue weighted by Gasteiger charge is 2.11. The van der Waals surface area contributed by atoms with Crippen LogP contribution in [-0.2, 0) is 0 Å². The van der Waals surface area contributed by atoms with Crippen molar-refractivity contribution in [1.82, 2.24) is 14.6 Å². The first-order chi connectivity index (χ1) is 9.20. The second kappa shape index (κ2) is 4.21. The summed E-state index contributed by atoms with van der Waals surface area (Å²) in [6.45, 7) is 4.14. The van der Waals surface area contributed by atoms with E-state index in [2.05, 4.69) is 36.2 Å². The summed E-state index contributed by atoms with van der Waals surface area (Å²) in [6, 6.07) is 11.8. The Hall–Kier alpha value is -2.67. The molecule has 19 heavy (non-hydrogen) atoms. The maximum Gasteiger partial charge on any atom is 0.168 e. The zero-order valence-corrected chi connectivity index (χ0v) is 10.8. The summed E-state index contributed by atoms with van der Waals surface area (Å²) in [7, 11) is 0. The summed E-state index contributed by atoms with van der Waals surface area (Å²) in [5.41, 5.74) is 4.78. The zero-order valence-electron chi connectivity index (χ0n) is 10.8. The van der Waals surface area contributed by atoms with Gasteiger partial charge in [0.25, 0.3) is 0 Å². The molecule has 0 aliphatic rings. The largest absolute Gasteiger partial charge is 0.281 e. The van der Waals surface area contributed by atoms with Gasteiger partial charge in [0.1, 0.15) is 6.07 Å². The van der Waals surface area contributed by atoms with E-state index in [1.807, 2.05) is 16.5 Å². The third-order valence-electron chi connectivity index (χ3n) is 3.38. The molecule has 0 spiro atoms. The van der Waals surface area contributed by atoms with Crippen LogP contribution in [0.4, 0.5) is 0 Å². The Bertz CT molecular complexity index is 809. The summed E-state index contributed by atoms with van der Waals surface area (Å²) in [6.07, 6.45) is 1.77. The van der Waals surface area contributed by atoms with Gasteiger partial charge < -0.3 is 0 Å². The van der Waals surface area contributed by atoms with Crippen molar-refractivity contribution in [3.8, 4) is 17.5 Å². The van der Waals surface area contributed by atoms with Gasteiger partial charge in [0.15, 0.2) is 11.5 Å². The predicted molar refractivity (Wildman–Crippen MR) is 72.6 cm³/mol. The van der Waals surface area contributed by atoms with Crippen molar-refractivity contribution in [1.29, 1.82) is 5.26 Å². The fourth-order valence-corrected chi connectivity index (χ4v) is 2.13. The lowest BCUT2D eigenvalue weighted by Gasteiger charge is -2.06. The highest BCUT2D eigenvalue weighted by Crippen LogP contribution is 2.24. The number of pyridine rings is 1. The number of nitrogens with zero attached hydrogens (tertiary/aromatic N) is 4. The zero-order chi connectivity index (χ0) is 13.4. The number of aromatic nitrogens is 3. The second-order valence-electron chi connectivity index (χ2n) is 4.53. The molecule has 0 aliphatic heterocycles. The average Bonchev–Trinajstić information content (AvgIpc) is 2.84. The van der Waals surface area contributed by atoms with Crippen LogP contribution >= 0.6 is 0 Å². The van der Waals surface area contributed by atoms with Crippen LogP contribution < -0.4 is 0 Å². The van der Waals surface area contributed by atoms with Crippen molar-refractivity contribution in [2.45, 2.75) is 13.8 Å². The van der Waals surface area contributed by atoms with Gasteiger partial charge >= 0.3 is 0 Å². The van der Waals surface area contributed by atoms with Gasteiger partial charge in [-0.25, -0.2) is 0 Å². The van der Waals surface area contributed by atoms with E-state index in [1.54, 1.807) is 18.3 Å². The third kappa shape index (κ3) is 1.76. The van der Waals surface area contributed by atoms with E-state index in [9.17, 15) is 0 Å². The van der Waals surface area contributed by atoms with Crippen LogP contribution in [0, 0.1) is 25.2 Å². The summed E-state index contributed by atoms with van der Waals surface area (Å²) >= 11 is 0. The standard InChI is InChI=1S/C15H12N4/c1-10-4-3-5-13(11(10)2)15-18-17-14-7-6-12(8-16)9-19(14)15/h3-7,9H,1-2H3. The SMILES string of the molecule is Cc1cccc(-c2nnc3ccc(C#N)cn23)c1C. The van der Waals surface area contributed by atoms with Crippen molar-refractivity contribution in [3.63, 3.8) is 0 Å². The molecule has 0 bridgehead atoms. The van der Waals surface area contributed by atoms with E-state index in [4.69, 9.17) is 5.26 Å². The van der Waals surface area contributed by atoms with Crippen molar-refractivity contribution in [3.05, 3.63) is 53.2 Å². The predicted octanol–water partition coefficient (Wildman–Crippen LogP) is 2.88. The Labute approximate surface area is 111 Å². The quantitative estimate of drug-likeness (QED) is 0.665. The van der Waals surface area contributed by atoms with Crippen LogP contribution in [-0.4, -0.2) is 14.6 Å². The number of fused-ring (bicyclic) bond motifs is 1. The van der Waals surface area contributed by atoms with Crippen LogP contribution in [0.2, 0.25) is 0 Å². The Morgan fingerprint density at radius 1 is 1.11 bits per heavy atom. The van der Waals surface area contributed by atoms with Gasteiger partial charge in [-0.05, 0) is 37.1 Å². The molecule has 0 saturated heterocycles.